The SMILES string of the molecule is C[N+](C)(C)C.C[N+](C)(C)C.O=[N+]([O-])c1nc([N+](=O)[O-])n([BH2-]n2nc([N+](=O)[O-])nc2[N+](=O)[O-])n1.O=[N+]([O-])c1nc([N+](=O)[O-])n([BH2-]n2nc([N+](=O)[O-])nc2[N+](=O)[O-])n1. The molecule has 0 radical (unpaired) electrons. The maximum atomic E-state index is 10.8. The van der Waals surface area contributed by atoms with Crippen molar-refractivity contribution in [3.63, 3.8) is 0 Å². The van der Waals surface area contributed by atoms with Crippen LogP contribution in [0.15, 0.2) is 0 Å². The van der Waals surface area contributed by atoms with E-state index in [1.54, 1.807) is 0 Å². The van der Waals surface area contributed by atoms with Crippen LogP contribution in [0.2, 0.25) is 0 Å². The minimum absolute atomic E-state index is 0.434. The molecule has 0 unspecified atom stereocenters. The molecule has 38 nitrogen and oxygen atoms in total. The van der Waals surface area contributed by atoms with Gasteiger partial charge in [-0.2, -0.15) is 0 Å². The normalized spacial score (nSPS) is 10.7. The molecule has 4 aromatic heterocycles. The number of nitro groups is 8. The third-order valence-corrected chi connectivity index (χ3v) is 4.98. The second-order valence-corrected chi connectivity index (χ2v) is 13.2. The van der Waals surface area contributed by atoms with Crippen molar-refractivity contribution in [2.75, 3.05) is 56.4 Å². The minimum atomic E-state index is -2.26. The lowest BCUT2D eigenvalue weighted by molar-refractivity contribution is -0.849. The summed E-state index contributed by atoms with van der Waals surface area (Å²) < 4.78 is 3.74. The lowest BCUT2D eigenvalue weighted by Gasteiger charge is -2.14. The molecular formula is C16H28B2N22O16. The zero-order valence-corrected chi connectivity index (χ0v) is 30.4. The fourth-order valence-electron chi connectivity index (χ4n) is 3.29. The molecule has 0 spiro atoms. The molecule has 0 amide bonds. The van der Waals surface area contributed by atoms with E-state index in [2.05, 4.69) is 96.7 Å². The van der Waals surface area contributed by atoms with Crippen LogP contribution in [0.5, 0.6) is 0 Å². The summed E-state index contributed by atoms with van der Waals surface area (Å²) in [6.07, 6.45) is 0. The lowest BCUT2D eigenvalue weighted by atomic mass is 10.2. The fourth-order valence-corrected chi connectivity index (χ4v) is 3.29. The topological polar surface area (TPSA) is 468 Å². The number of hydrogen-bond donors (Lipinski definition) is 0. The highest BCUT2D eigenvalue weighted by molar-refractivity contribution is 6.32. The van der Waals surface area contributed by atoms with E-state index in [1.807, 2.05) is 0 Å². The molecule has 0 atom stereocenters. The molecule has 0 aromatic carbocycles. The molecule has 0 aliphatic rings. The maximum Gasteiger partial charge on any atom is 0.504 e. The molecule has 0 saturated carbocycles. The molecule has 0 saturated heterocycles. The van der Waals surface area contributed by atoms with Crippen molar-refractivity contribution in [1.29, 1.82) is 0 Å². The van der Waals surface area contributed by atoms with Gasteiger partial charge in [-0.1, -0.05) is 0 Å². The van der Waals surface area contributed by atoms with Gasteiger partial charge in [-0.3, -0.25) is 0 Å². The van der Waals surface area contributed by atoms with Gasteiger partial charge in [-0.05, 0) is 39.4 Å². The highest BCUT2D eigenvalue weighted by atomic mass is 16.7. The van der Waals surface area contributed by atoms with Crippen LogP contribution in [0.25, 0.3) is 0 Å². The largest absolute Gasteiger partial charge is 0.504 e. The summed E-state index contributed by atoms with van der Waals surface area (Å²) in [6, 6.07) is 0. The van der Waals surface area contributed by atoms with Crippen LogP contribution in [0.3, 0.4) is 0 Å². The summed E-state index contributed by atoms with van der Waals surface area (Å²) in [5.41, 5.74) is 0. The smallest absolute Gasteiger partial charge is 0.390 e. The lowest BCUT2D eigenvalue weighted by Crippen LogP contribution is -2.27. The molecule has 4 heterocycles. The molecule has 40 heteroatoms. The van der Waals surface area contributed by atoms with Crippen LogP contribution in [0.4, 0.5) is 47.6 Å². The van der Waals surface area contributed by atoms with Crippen LogP contribution in [-0.2, 0) is 0 Å². The number of aromatic nitrogens is 12. The van der Waals surface area contributed by atoms with Gasteiger partial charge in [-0.15, -0.1) is 0 Å². The van der Waals surface area contributed by atoms with E-state index in [4.69, 9.17) is 0 Å². The predicted octanol–water partition coefficient (Wildman–Crippen LogP) is -3.56. The predicted molar refractivity (Wildman–Crippen MR) is 180 cm³/mol. The van der Waals surface area contributed by atoms with Crippen LogP contribution < -0.4 is 0 Å². The van der Waals surface area contributed by atoms with Crippen molar-refractivity contribution in [2.24, 2.45) is 0 Å². The van der Waals surface area contributed by atoms with Gasteiger partial charge >= 0.3 is 62.7 Å². The quantitative estimate of drug-likeness (QED) is 0.0578. The van der Waals surface area contributed by atoms with Crippen LogP contribution in [0.1, 0.15) is 0 Å². The molecule has 0 aliphatic heterocycles. The van der Waals surface area contributed by atoms with Gasteiger partial charge in [0.15, 0.2) is 0 Å². The summed E-state index contributed by atoms with van der Waals surface area (Å²) in [5.74, 6) is -8.60. The summed E-state index contributed by atoms with van der Waals surface area (Å²) in [5, 5.41) is 98.1. The van der Waals surface area contributed by atoms with Crippen LogP contribution in [0, 0.1) is 80.9 Å². The Balaban J connectivity index is 0.000000451. The van der Waals surface area contributed by atoms with E-state index in [-0.39, 0.29) is 0 Å². The molecule has 0 aliphatic carbocycles. The van der Waals surface area contributed by atoms with Crippen LogP contribution in [-0.4, -0.2) is 179 Å². The fraction of sp³-hybridized carbons (Fsp3) is 0.500. The van der Waals surface area contributed by atoms with Crippen molar-refractivity contribution in [3.8, 4) is 0 Å². The molecule has 56 heavy (non-hydrogen) atoms. The monoisotopic (exact) mass is 806 g/mol. The summed E-state index contributed by atoms with van der Waals surface area (Å²) >= 11 is 0. The highest BCUT2D eigenvalue weighted by Gasteiger charge is 2.32. The molecule has 304 valence electrons. The van der Waals surface area contributed by atoms with Gasteiger partial charge in [0.25, 0.3) is 0 Å². The molecular weight excluding hydrogens is 778 g/mol. The van der Waals surface area contributed by atoms with Gasteiger partial charge in [0.2, 0.25) is 0 Å². The second-order valence-electron chi connectivity index (χ2n) is 13.2. The van der Waals surface area contributed by atoms with Gasteiger partial charge < -0.3 is 89.9 Å². The summed E-state index contributed by atoms with van der Waals surface area (Å²) in [4.78, 5) is 88.6. The summed E-state index contributed by atoms with van der Waals surface area (Å²) in [7, 11) is 12.5. The number of nitrogens with zero attached hydrogens (tertiary/aromatic N) is 22. The first-order chi connectivity index (χ1) is 25.4. The molecule has 0 bridgehead atoms. The van der Waals surface area contributed by atoms with Gasteiger partial charge in [0.1, 0.15) is 0 Å². The van der Waals surface area contributed by atoms with Crippen molar-refractivity contribution >= 4 is 62.7 Å². The first-order valence-electron chi connectivity index (χ1n) is 14.5. The van der Waals surface area contributed by atoms with E-state index in [1.165, 1.54) is 0 Å². The van der Waals surface area contributed by atoms with E-state index in [0.29, 0.717) is 18.4 Å². The average molecular weight is 806 g/mol. The maximum absolute atomic E-state index is 10.8. The standard InChI is InChI=1S/2C4H2BN10O8.2C4H12N/c2*16-12(17)1-6-3(14(20)21)10(8-1)5-11-4(15(22)23)7-2(9-11)13(18)19;2*1-5(2,3)4/h2*5H2;2*1-4H3/q2*-1;2*+1. The third-order valence-electron chi connectivity index (χ3n) is 4.98. The number of rotatable bonds is 12. The van der Waals surface area contributed by atoms with Crippen molar-refractivity contribution < 1.29 is 48.4 Å². The molecule has 0 fully saturated rings. The Morgan fingerprint density at radius 1 is 0.357 bits per heavy atom. The molecule has 4 rings (SSSR count). The van der Waals surface area contributed by atoms with Crippen molar-refractivity contribution in [2.45, 2.75) is 0 Å². The Bertz CT molecular complexity index is 1860. The second kappa shape index (κ2) is 18.0. The van der Waals surface area contributed by atoms with E-state index in [9.17, 15) is 80.9 Å². The van der Waals surface area contributed by atoms with Gasteiger partial charge in [0, 0.05) is 40.3 Å². The first kappa shape index (κ1) is 45.8. The number of quaternary nitrogens is 2. The summed E-state index contributed by atoms with van der Waals surface area (Å²) in [6.45, 7) is 0. The Labute approximate surface area is 307 Å². The zero-order chi connectivity index (χ0) is 43.6. The molecule has 4 aromatic rings. The van der Waals surface area contributed by atoms with E-state index in [0.717, 1.165) is 8.97 Å². The van der Waals surface area contributed by atoms with E-state index >= 15 is 0 Å². The Hall–Kier alpha value is -8.19. The zero-order valence-electron chi connectivity index (χ0n) is 30.4. The average Bonchev–Trinajstić information content (AvgIpc) is 3.80. The Kier molecular flexibility index (Phi) is 14.8. The Morgan fingerprint density at radius 2 is 0.500 bits per heavy atom. The van der Waals surface area contributed by atoms with E-state index < -0.39 is 102 Å². The third kappa shape index (κ3) is 14.4. The highest BCUT2D eigenvalue weighted by Crippen LogP contribution is 2.17. The van der Waals surface area contributed by atoms with Gasteiger partial charge in [0.05, 0.1) is 56.4 Å². The van der Waals surface area contributed by atoms with Crippen LogP contribution >= 0.6 is 0 Å². The van der Waals surface area contributed by atoms with Crippen molar-refractivity contribution in [1.82, 2.24) is 58.7 Å². The minimum Gasteiger partial charge on any atom is -0.390 e. The first-order valence-corrected chi connectivity index (χ1v) is 14.5. The van der Waals surface area contributed by atoms with Gasteiger partial charge in [-0.25, -0.2) is 18.4 Å². The molecule has 0 N–H and O–H groups in total. The Morgan fingerprint density at radius 3 is 0.607 bits per heavy atom. The number of hydrogen-bond acceptors (Lipinski definition) is 24. The van der Waals surface area contributed by atoms with Crippen molar-refractivity contribution in [3.05, 3.63) is 80.9 Å².